The Balaban J connectivity index is 2.21. The molecule has 96 valence electrons. The van der Waals surface area contributed by atoms with Crippen molar-refractivity contribution in [2.24, 2.45) is 0 Å². The number of ether oxygens (including phenoxy) is 1. The maximum absolute atomic E-state index is 9.26. The fraction of sp³-hybridized carbons (Fsp3) is 1.00. The molecule has 1 fully saturated rings. The lowest BCUT2D eigenvalue weighted by atomic mass is 9.98. The van der Waals surface area contributed by atoms with Gasteiger partial charge in [0.1, 0.15) is 0 Å². The minimum absolute atomic E-state index is 0.0247. The molecule has 0 aliphatic carbocycles. The van der Waals surface area contributed by atoms with Gasteiger partial charge in [-0.2, -0.15) is 0 Å². The second-order valence-electron chi connectivity index (χ2n) is 4.33. The zero-order chi connectivity index (χ0) is 11.9. The summed E-state index contributed by atoms with van der Waals surface area (Å²) < 4.78 is 5.27. The van der Waals surface area contributed by atoms with Crippen LogP contribution in [0.3, 0.4) is 0 Å². The molecule has 5 heteroatoms. The van der Waals surface area contributed by atoms with Crippen molar-refractivity contribution in [2.45, 2.75) is 18.9 Å². The molecule has 0 atom stereocenters. The third kappa shape index (κ3) is 3.99. The summed E-state index contributed by atoms with van der Waals surface area (Å²) in [6.07, 6.45) is 0.725. The molecule has 1 heterocycles. The largest absolute Gasteiger partial charge is 0.394 e. The summed E-state index contributed by atoms with van der Waals surface area (Å²) >= 11 is 0. The van der Waals surface area contributed by atoms with Crippen molar-refractivity contribution in [1.29, 1.82) is 0 Å². The molecule has 1 rings (SSSR count). The smallest absolute Gasteiger partial charge is 0.0645 e. The van der Waals surface area contributed by atoms with Gasteiger partial charge in [-0.15, -0.1) is 0 Å². The van der Waals surface area contributed by atoms with Gasteiger partial charge in [-0.05, 0) is 6.42 Å². The summed E-state index contributed by atoms with van der Waals surface area (Å²) in [6.45, 7) is 7.19. The van der Waals surface area contributed by atoms with Gasteiger partial charge in [0, 0.05) is 26.2 Å². The second kappa shape index (κ2) is 7.19. The molecule has 0 unspecified atom stereocenters. The standard InChI is InChI=1S/C11H24N2O3/c1-2-11(9-14,10-15)12-3-4-13-5-7-16-8-6-13/h12,14-15H,2-10H2,1H3. The highest BCUT2D eigenvalue weighted by molar-refractivity contribution is 4.85. The Bertz CT molecular complexity index is 172. The van der Waals surface area contributed by atoms with E-state index in [0.29, 0.717) is 0 Å². The molecule has 0 amide bonds. The van der Waals surface area contributed by atoms with Gasteiger partial charge in [0.25, 0.3) is 0 Å². The Kier molecular flexibility index (Phi) is 6.23. The third-order valence-corrected chi connectivity index (χ3v) is 3.31. The van der Waals surface area contributed by atoms with E-state index in [4.69, 9.17) is 4.74 Å². The molecular weight excluding hydrogens is 208 g/mol. The summed E-state index contributed by atoms with van der Waals surface area (Å²) in [7, 11) is 0. The van der Waals surface area contributed by atoms with Crippen molar-refractivity contribution < 1.29 is 14.9 Å². The van der Waals surface area contributed by atoms with Gasteiger partial charge < -0.3 is 20.3 Å². The second-order valence-corrected chi connectivity index (χ2v) is 4.33. The Hall–Kier alpha value is -0.200. The van der Waals surface area contributed by atoms with E-state index >= 15 is 0 Å². The molecule has 0 radical (unpaired) electrons. The van der Waals surface area contributed by atoms with Crippen LogP contribution in [0.1, 0.15) is 13.3 Å². The van der Waals surface area contributed by atoms with Crippen LogP contribution >= 0.6 is 0 Å². The SMILES string of the molecule is CCC(CO)(CO)NCCN1CCOCC1. The quantitative estimate of drug-likeness (QED) is 0.528. The highest BCUT2D eigenvalue weighted by atomic mass is 16.5. The first kappa shape index (κ1) is 13.9. The molecule has 1 aliphatic rings. The predicted molar refractivity (Wildman–Crippen MR) is 62.5 cm³/mol. The Morgan fingerprint density at radius 1 is 1.25 bits per heavy atom. The Morgan fingerprint density at radius 2 is 1.88 bits per heavy atom. The van der Waals surface area contributed by atoms with Crippen LogP contribution in [-0.2, 0) is 4.74 Å². The fourth-order valence-corrected chi connectivity index (χ4v) is 1.81. The van der Waals surface area contributed by atoms with Gasteiger partial charge in [-0.1, -0.05) is 6.92 Å². The zero-order valence-corrected chi connectivity index (χ0v) is 10.1. The van der Waals surface area contributed by atoms with Crippen molar-refractivity contribution in [2.75, 3.05) is 52.6 Å². The van der Waals surface area contributed by atoms with Crippen molar-refractivity contribution >= 4 is 0 Å². The molecule has 3 N–H and O–H groups in total. The van der Waals surface area contributed by atoms with Crippen LogP contribution < -0.4 is 5.32 Å². The maximum atomic E-state index is 9.26. The minimum atomic E-state index is -0.522. The van der Waals surface area contributed by atoms with Gasteiger partial charge in [0.15, 0.2) is 0 Å². The number of hydrogen-bond acceptors (Lipinski definition) is 5. The van der Waals surface area contributed by atoms with E-state index in [1.165, 1.54) is 0 Å². The molecule has 0 aromatic carbocycles. The molecular formula is C11H24N2O3. The summed E-state index contributed by atoms with van der Waals surface area (Å²) in [5.41, 5.74) is -0.522. The molecule has 5 nitrogen and oxygen atoms in total. The first-order chi connectivity index (χ1) is 7.76. The number of nitrogens with one attached hydrogen (secondary N) is 1. The number of hydrogen-bond donors (Lipinski definition) is 3. The van der Waals surface area contributed by atoms with E-state index in [2.05, 4.69) is 10.2 Å². The van der Waals surface area contributed by atoms with E-state index in [1.807, 2.05) is 6.92 Å². The first-order valence-corrected chi connectivity index (χ1v) is 6.03. The van der Waals surface area contributed by atoms with Crippen LogP contribution in [0, 0.1) is 0 Å². The number of aliphatic hydroxyl groups is 2. The van der Waals surface area contributed by atoms with Gasteiger partial charge in [0.05, 0.1) is 32.0 Å². The Labute approximate surface area is 97.4 Å². The number of aliphatic hydroxyl groups excluding tert-OH is 2. The molecule has 16 heavy (non-hydrogen) atoms. The number of nitrogens with zero attached hydrogens (tertiary/aromatic N) is 1. The summed E-state index contributed by atoms with van der Waals surface area (Å²) in [5.74, 6) is 0. The fourth-order valence-electron chi connectivity index (χ4n) is 1.81. The topological polar surface area (TPSA) is 65.0 Å². The summed E-state index contributed by atoms with van der Waals surface area (Å²) in [4.78, 5) is 2.33. The molecule has 0 bridgehead atoms. The van der Waals surface area contributed by atoms with Crippen LogP contribution in [-0.4, -0.2) is 73.3 Å². The van der Waals surface area contributed by atoms with E-state index in [0.717, 1.165) is 45.8 Å². The molecule has 1 saturated heterocycles. The van der Waals surface area contributed by atoms with Crippen molar-refractivity contribution in [3.8, 4) is 0 Å². The average Bonchev–Trinajstić information content (AvgIpc) is 2.37. The first-order valence-electron chi connectivity index (χ1n) is 6.03. The zero-order valence-electron chi connectivity index (χ0n) is 10.1. The summed E-state index contributed by atoms with van der Waals surface area (Å²) in [5, 5.41) is 21.8. The number of rotatable bonds is 7. The number of morpholine rings is 1. The third-order valence-electron chi connectivity index (χ3n) is 3.31. The monoisotopic (exact) mass is 232 g/mol. The average molecular weight is 232 g/mol. The lowest BCUT2D eigenvalue weighted by molar-refractivity contribution is 0.0339. The molecule has 0 saturated carbocycles. The van der Waals surface area contributed by atoms with Crippen LogP contribution in [0.25, 0.3) is 0 Å². The van der Waals surface area contributed by atoms with Gasteiger partial charge in [0.2, 0.25) is 0 Å². The van der Waals surface area contributed by atoms with Gasteiger partial charge in [-0.3, -0.25) is 4.90 Å². The lowest BCUT2D eigenvalue weighted by Gasteiger charge is -2.32. The van der Waals surface area contributed by atoms with E-state index in [-0.39, 0.29) is 13.2 Å². The van der Waals surface area contributed by atoms with Crippen LogP contribution in [0.4, 0.5) is 0 Å². The Morgan fingerprint density at radius 3 is 2.38 bits per heavy atom. The molecule has 0 aromatic heterocycles. The van der Waals surface area contributed by atoms with Crippen LogP contribution in [0.15, 0.2) is 0 Å². The molecule has 1 aliphatic heterocycles. The highest BCUT2D eigenvalue weighted by Gasteiger charge is 2.25. The van der Waals surface area contributed by atoms with Crippen molar-refractivity contribution in [3.05, 3.63) is 0 Å². The predicted octanol–water partition coefficient (Wildman–Crippen LogP) is -0.958. The minimum Gasteiger partial charge on any atom is -0.394 e. The van der Waals surface area contributed by atoms with Gasteiger partial charge >= 0.3 is 0 Å². The maximum Gasteiger partial charge on any atom is 0.0645 e. The molecule has 0 aromatic rings. The van der Waals surface area contributed by atoms with E-state index < -0.39 is 5.54 Å². The van der Waals surface area contributed by atoms with E-state index in [9.17, 15) is 10.2 Å². The lowest BCUT2D eigenvalue weighted by Crippen LogP contribution is -2.53. The van der Waals surface area contributed by atoms with Crippen molar-refractivity contribution in [1.82, 2.24) is 10.2 Å². The van der Waals surface area contributed by atoms with Crippen molar-refractivity contribution in [3.63, 3.8) is 0 Å². The normalized spacial score (nSPS) is 18.9. The highest BCUT2D eigenvalue weighted by Crippen LogP contribution is 2.07. The summed E-state index contributed by atoms with van der Waals surface area (Å²) in [6, 6.07) is 0. The van der Waals surface area contributed by atoms with Gasteiger partial charge in [-0.25, -0.2) is 0 Å². The van der Waals surface area contributed by atoms with E-state index in [1.54, 1.807) is 0 Å². The van der Waals surface area contributed by atoms with Crippen LogP contribution in [0.2, 0.25) is 0 Å². The molecule has 0 spiro atoms. The van der Waals surface area contributed by atoms with Crippen LogP contribution in [0.5, 0.6) is 0 Å².